The zero-order valence-electron chi connectivity index (χ0n) is 8.83. The normalized spacial score (nSPS) is 13.4. The first-order chi connectivity index (χ1) is 7.76. The van der Waals surface area contributed by atoms with Gasteiger partial charge in [0.25, 0.3) is 0 Å². The van der Waals surface area contributed by atoms with Crippen LogP contribution in [0.2, 0.25) is 0 Å². The van der Waals surface area contributed by atoms with Crippen molar-refractivity contribution in [3.63, 3.8) is 0 Å². The second kappa shape index (κ2) is 4.83. The minimum Gasteiger partial charge on any atom is -0.396 e. The Bertz CT molecular complexity index is 468. The third kappa shape index (κ3) is 2.05. The molecular weight excluding hydrogens is 230 g/mol. The lowest BCUT2D eigenvalue weighted by atomic mass is 10.2. The molecule has 0 fully saturated rings. The van der Waals surface area contributed by atoms with E-state index in [2.05, 4.69) is 15.3 Å². The van der Waals surface area contributed by atoms with E-state index in [-0.39, 0.29) is 12.6 Å². The quantitative estimate of drug-likeness (QED) is 0.749. The summed E-state index contributed by atoms with van der Waals surface area (Å²) in [4.78, 5) is 0.690. The van der Waals surface area contributed by atoms with Gasteiger partial charge in [0.05, 0.1) is 6.04 Å². The molecule has 0 spiro atoms. The predicted octanol–water partition coefficient (Wildman–Crippen LogP) is -0.286. The standard InChI is InChI=1S/C8H13N5O2S/c1-15-4-6-10-11-8-13(6)12-7(16-8)5(9)2-3-14/h5,14H,2-4,9H2,1H3. The molecular formula is C8H13N5O2S. The molecule has 0 bridgehead atoms. The van der Waals surface area contributed by atoms with E-state index in [0.29, 0.717) is 23.8 Å². The van der Waals surface area contributed by atoms with Gasteiger partial charge in [-0.2, -0.15) is 9.61 Å². The molecule has 88 valence electrons. The number of fused-ring (bicyclic) bond motifs is 1. The van der Waals surface area contributed by atoms with Crippen LogP contribution in [0.5, 0.6) is 0 Å². The maximum atomic E-state index is 8.80. The van der Waals surface area contributed by atoms with Gasteiger partial charge in [0, 0.05) is 13.7 Å². The van der Waals surface area contributed by atoms with Gasteiger partial charge >= 0.3 is 0 Å². The largest absolute Gasteiger partial charge is 0.396 e. The number of nitrogens with zero attached hydrogens (tertiary/aromatic N) is 4. The fourth-order valence-corrected chi connectivity index (χ4v) is 2.20. The van der Waals surface area contributed by atoms with Crippen LogP contribution in [-0.4, -0.2) is 38.6 Å². The average Bonchev–Trinajstić information content (AvgIpc) is 2.81. The number of aliphatic hydroxyl groups excluding tert-OH is 1. The van der Waals surface area contributed by atoms with Crippen LogP contribution in [0.4, 0.5) is 0 Å². The Labute approximate surface area is 95.9 Å². The van der Waals surface area contributed by atoms with E-state index in [9.17, 15) is 0 Å². The molecule has 0 aromatic carbocycles. The van der Waals surface area contributed by atoms with Gasteiger partial charge in [-0.25, -0.2) is 0 Å². The highest BCUT2D eigenvalue weighted by Gasteiger charge is 2.15. The summed E-state index contributed by atoms with van der Waals surface area (Å²) in [5.41, 5.74) is 5.85. The summed E-state index contributed by atoms with van der Waals surface area (Å²) in [6, 6.07) is -0.257. The van der Waals surface area contributed by atoms with Crippen molar-refractivity contribution in [3.8, 4) is 0 Å². The molecule has 0 radical (unpaired) electrons. The fraction of sp³-hybridized carbons (Fsp3) is 0.625. The van der Waals surface area contributed by atoms with Gasteiger partial charge in [0.1, 0.15) is 11.6 Å². The fourth-order valence-electron chi connectivity index (χ4n) is 1.30. The van der Waals surface area contributed by atoms with Crippen molar-refractivity contribution < 1.29 is 9.84 Å². The summed E-state index contributed by atoms with van der Waals surface area (Å²) >= 11 is 1.38. The van der Waals surface area contributed by atoms with Crippen molar-refractivity contribution >= 4 is 16.3 Å². The average molecular weight is 243 g/mol. The van der Waals surface area contributed by atoms with Crippen LogP contribution in [0, 0.1) is 0 Å². The molecule has 2 aromatic heterocycles. The third-order valence-corrected chi connectivity index (χ3v) is 3.13. The lowest BCUT2D eigenvalue weighted by Gasteiger charge is -2.03. The number of hydrogen-bond acceptors (Lipinski definition) is 7. The third-order valence-electron chi connectivity index (χ3n) is 2.10. The van der Waals surface area contributed by atoms with Crippen LogP contribution in [0.15, 0.2) is 0 Å². The lowest BCUT2D eigenvalue weighted by Crippen LogP contribution is -2.12. The molecule has 8 heteroatoms. The molecule has 3 N–H and O–H groups in total. The van der Waals surface area contributed by atoms with Crippen molar-refractivity contribution in [3.05, 3.63) is 10.8 Å². The van der Waals surface area contributed by atoms with E-state index >= 15 is 0 Å². The summed E-state index contributed by atoms with van der Waals surface area (Å²) in [7, 11) is 1.59. The van der Waals surface area contributed by atoms with Gasteiger partial charge in [-0.05, 0) is 6.42 Å². The van der Waals surface area contributed by atoms with E-state index in [1.54, 1.807) is 11.6 Å². The molecule has 2 rings (SSSR count). The maximum absolute atomic E-state index is 8.80. The topological polar surface area (TPSA) is 98.6 Å². The summed E-state index contributed by atoms with van der Waals surface area (Å²) in [6.45, 7) is 0.409. The van der Waals surface area contributed by atoms with Gasteiger partial charge in [0.15, 0.2) is 5.82 Å². The molecule has 0 amide bonds. The first-order valence-corrected chi connectivity index (χ1v) is 5.64. The highest BCUT2D eigenvalue weighted by molar-refractivity contribution is 7.16. The monoisotopic (exact) mass is 243 g/mol. The Hall–Kier alpha value is -1.09. The zero-order chi connectivity index (χ0) is 11.5. The maximum Gasteiger partial charge on any atom is 0.234 e. The smallest absolute Gasteiger partial charge is 0.234 e. The minimum atomic E-state index is -0.257. The first kappa shape index (κ1) is 11.4. The highest BCUT2D eigenvalue weighted by atomic mass is 32.1. The van der Waals surface area contributed by atoms with Crippen LogP contribution in [0.1, 0.15) is 23.3 Å². The van der Waals surface area contributed by atoms with Gasteiger partial charge < -0.3 is 15.6 Å². The molecule has 0 saturated carbocycles. The van der Waals surface area contributed by atoms with E-state index in [4.69, 9.17) is 15.6 Å². The SMILES string of the molecule is COCc1nnc2sc(C(N)CCO)nn12. The number of hydrogen-bond donors (Lipinski definition) is 2. The van der Waals surface area contributed by atoms with E-state index in [1.807, 2.05) is 0 Å². The summed E-state index contributed by atoms with van der Waals surface area (Å²) in [6.07, 6.45) is 0.490. The second-order valence-corrected chi connectivity index (χ2v) is 4.29. The second-order valence-electron chi connectivity index (χ2n) is 3.30. The zero-order valence-corrected chi connectivity index (χ0v) is 9.65. The number of nitrogens with two attached hydrogens (primary N) is 1. The minimum absolute atomic E-state index is 0.0479. The molecule has 2 heterocycles. The van der Waals surface area contributed by atoms with Crippen molar-refractivity contribution in [2.24, 2.45) is 5.73 Å². The van der Waals surface area contributed by atoms with Crippen LogP contribution in [-0.2, 0) is 11.3 Å². The van der Waals surface area contributed by atoms with Crippen molar-refractivity contribution in [1.82, 2.24) is 19.8 Å². The van der Waals surface area contributed by atoms with E-state index in [0.717, 1.165) is 5.01 Å². The van der Waals surface area contributed by atoms with Crippen LogP contribution in [0.3, 0.4) is 0 Å². The van der Waals surface area contributed by atoms with Crippen LogP contribution < -0.4 is 5.73 Å². The molecule has 0 aliphatic heterocycles. The van der Waals surface area contributed by atoms with E-state index in [1.165, 1.54) is 11.3 Å². The first-order valence-electron chi connectivity index (χ1n) is 4.82. The number of aromatic nitrogens is 4. The van der Waals surface area contributed by atoms with Crippen molar-refractivity contribution in [1.29, 1.82) is 0 Å². The summed E-state index contributed by atoms with van der Waals surface area (Å²) in [5.74, 6) is 0.649. The Balaban J connectivity index is 2.29. The number of aliphatic hydroxyl groups is 1. The number of ether oxygens (including phenoxy) is 1. The van der Waals surface area contributed by atoms with Gasteiger partial charge in [-0.1, -0.05) is 11.3 Å². The Morgan fingerprint density at radius 2 is 2.38 bits per heavy atom. The van der Waals surface area contributed by atoms with Crippen molar-refractivity contribution in [2.45, 2.75) is 19.1 Å². The molecule has 2 aromatic rings. The number of methoxy groups -OCH3 is 1. The van der Waals surface area contributed by atoms with Gasteiger partial charge in [-0.3, -0.25) is 0 Å². The predicted molar refractivity (Wildman–Crippen MR) is 58.0 cm³/mol. The van der Waals surface area contributed by atoms with Crippen molar-refractivity contribution in [2.75, 3.05) is 13.7 Å². The Morgan fingerprint density at radius 3 is 3.06 bits per heavy atom. The van der Waals surface area contributed by atoms with Gasteiger partial charge in [0.2, 0.25) is 4.96 Å². The highest BCUT2D eigenvalue weighted by Crippen LogP contribution is 2.21. The molecule has 16 heavy (non-hydrogen) atoms. The lowest BCUT2D eigenvalue weighted by molar-refractivity contribution is 0.176. The molecule has 0 aliphatic carbocycles. The molecule has 1 atom stereocenters. The Morgan fingerprint density at radius 1 is 1.56 bits per heavy atom. The van der Waals surface area contributed by atoms with Gasteiger partial charge in [-0.15, -0.1) is 10.2 Å². The van der Waals surface area contributed by atoms with Crippen LogP contribution in [0.25, 0.3) is 4.96 Å². The van der Waals surface area contributed by atoms with Crippen LogP contribution >= 0.6 is 11.3 Å². The molecule has 7 nitrogen and oxygen atoms in total. The van der Waals surface area contributed by atoms with E-state index < -0.39 is 0 Å². The Kier molecular flexibility index (Phi) is 3.44. The molecule has 0 saturated heterocycles. The number of rotatable bonds is 5. The summed E-state index contributed by atoms with van der Waals surface area (Å²) in [5, 5.41) is 21.8. The summed E-state index contributed by atoms with van der Waals surface area (Å²) < 4.78 is 6.61. The molecule has 0 aliphatic rings. The molecule has 1 unspecified atom stereocenters.